The van der Waals surface area contributed by atoms with E-state index in [1.165, 1.54) is 13.2 Å². The number of hydrogen-bond acceptors (Lipinski definition) is 9. The number of anilines is 2. The van der Waals surface area contributed by atoms with Crippen LogP contribution >= 0.6 is 11.6 Å². The lowest BCUT2D eigenvalue weighted by molar-refractivity contribution is -0.118. The fraction of sp³-hybridized carbons (Fsp3) is 0.440. The maximum atomic E-state index is 12.7. The maximum absolute atomic E-state index is 12.7. The van der Waals surface area contributed by atoms with Crippen molar-refractivity contribution in [2.75, 3.05) is 65.0 Å². The molecule has 0 unspecified atom stereocenters. The molecule has 2 heterocycles. The summed E-state index contributed by atoms with van der Waals surface area (Å²) < 4.78 is 10.8. The molecule has 2 atom stereocenters. The first kappa shape index (κ1) is 29.1. The van der Waals surface area contributed by atoms with Gasteiger partial charge in [-0.3, -0.25) is 19.3 Å². The van der Waals surface area contributed by atoms with E-state index >= 15 is 0 Å². The highest BCUT2D eigenvalue weighted by Gasteiger charge is 2.32. The van der Waals surface area contributed by atoms with Crippen LogP contribution in [0.25, 0.3) is 0 Å². The van der Waals surface area contributed by atoms with Crippen molar-refractivity contribution in [1.82, 2.24) is 20.1 Å². The van der Waals surface area contributed by atoms with Crippen LogP contribution in [0.15, 0.2) is 35.1 Å². The highest BCUT2D eigenvalue weighted by atomic mass is 35.5. The van der Waals surface area contributed by atoms with Gasteiger partial charge in [-0.25, -0.2) is 4.79 Å². The number of esters is 1. The number of piperidine rings is 1. The Morgan fingerprint density at radius 3 is 2.61 bits per heavy atom. The van der Waals surface area contributed by atoms with E-state index in [4.69, 9.17) is 26.8 Å². The van der Waals surface area contributed by atoms with Gasteiger partial charge in [-0.05, 0) is 50.8 Å². The number of carbonyl (C=O) groups is 3. The number of H-pyrrole nitrogens is 1. The lowest BCUT2D eigenvalue weighted by Crippen LogP contribution is -2.56. The third kappa shape index (κ3) is 8.02. The average molecular weight is 549 g/mol. The normalized spacial score (nSPS) is 17.7. The summed E-state index contributed by atoms with van der Waals surface area (Å²) in [4.78, 5) is 55.7. The number of nitrogens with two attached hydrogens (primary N) is 1. The average Bonchev–Trinajstić information content (AvgIpc) is 2.87. The first-order valence-electron chi connectivity index (χ1n) is 12.0. The molecule has 0 aliphatic carbocycles. The van der Waals surface area contributed by atoms with Crippen LogP contribution in [0.2, 0.25) is 5.02 Å². The Labute approximate surface area is 225 Å². The number of amides is 2. The number of methoxy groups -OCH3 is 1. The number of carbonyl (C=O) groups excluding carboxylic acids is 3. The lowest BCUT2D eigenvalue weighted by Gasteiger charge is -2.37. The molecule has 2 amide bonds. The van der Waals surface area contributed by atoms with E-state index in [-0.39, 0.29) is 34.9 Å². The van der Waals surface area contributed by atoms with Crippen molar-refractivity contribution in [3.05, 3.63) is 56.8 Å². The molecule has 1 aromatic carbocycles. The third-order valence-corrected chi connectivity index (χ3v) is 6.38. The second-order valence-corrected chi connectivity index (χ2v) is 9.62. The van der Waals surface area contributed by atoms with Gasteiger partial charge in [0.2, 0.25) is 5.91 Å². The lowest BCUT2D eigenvalue weighted by atomic mass is 10.0. The number of halogens is 1. The van der Waals surface area contributed by atoms with Gasteiger partial charge in [0.25, 0.3) is 11.5 Å². The number of hydrogen-bond donors (Lipinski definition) is 4. The molecule has 5 N–H and O–H groups in total. The fourth-order valence-electron chi connectivity index (χ4n) is 3.96. The number of aromatic nitrogens is 1. The topological polar surface area (TPSA) is 159 Å². The smallest absolute Gasteiger partial charge is 0.338 e. The number of aromatic amines is 1. The van der Waals surface area contributed by atoms with Gasteiger partial charge in [0.05, 0.1) is 29.3 Å². The Bertz CT molecular complexity index is 1200. The van der Waals surface area contributed by atoms with Gasteiger partial charge in [0.15, 0.2) is 0 Å². The van der Waals surface area contributed by atoms with Crippen LogP contribution in [-0.4, -0.2) is 98.7 Å². The number of nitrogen functional groups attached to an aromatic ring is 1. The summed E-state index contributed by atoms with van der Waals surface area (Å²) in [6.45, 7) is 1.95. The Balaban J connectivity index is 1.49. The van der Waals surface area contributed by atoms with Gasteiger partial charge >= 0.3 is 5.97 Å². The zero-order chi connectivity index (χ0) is 27.8. The molecule has 3 rings (SSSR count). The minimum Gasteiger partial charge on any atom is -0.461 e. The Morgan fingerprint density at radius 2 is 1.95 bits per heavy atom. The van der Waals surface area contributed by atoms with Gasteiger partial charge in [-0.15, -0.1) is 0 Å². The summed E-state index contributed by atoms with van der Waals surface area (Å²) in [5, 5.41) is 5.71. The molecular formula is C25H33ClN6O6. The van der Waals surface area contributed by atoms with E-state index in [0.29, 0.717) is 43.9 Å². The molecule has 1 fully saturated rings. The molecule has 1 aliphatic heterocycles. The summed E-state index contributed by atoms with van der Waals surface area (Å²) in [7, 11) is 5.31. The van der Waals surface area contributed by atoms with Crippen molar-refractivity contribution >= 4 is 40.9 Å². The molecule has 38 heavy (non-hydrogen) atoms. The van der Waals surface area contributed by atoms with Crippen molar-refractivity contribution in [3.8, 4) is 0 Å². The molecule has 1 aliphatic rings. The number of pyridine rings is 1. The minimum absolute atomic E-state index is 0.0105. The Morgan fingerprint density at radius 1 is 1.24 bits per heavy atom. The molecule has 2 aromatic rings. The van der Waals surface area contributed by atoms with Gasteiger partial charge in [-0.1, -0.05) is 11.6 Å². The number of benzene rings is 1. The van der Waals surface area contributed by atoms with E-state index < -0.39 is 23.5 Å². The van der Waals surface area contributed by atoms with Crippen molar-refractivity contribution in [1.29, 1.82) is 0 Å². The summed E-state index contributed by atoms with van der Waals surface area (Å²) >= 11 is 5.94. The van der Waals surface area contributed by atoms with Crippen LogP contribution in [0.5, 0.6) is 0 Å². The SMILES string of the molecule is CO[C@@H]1CN(CC(=O)Nc2ccc(C(=O)OCCN(C)C)cc2)CC[C@@H]1NC(=O)c1cc(Cl)c(N)[nH]c1=O. The minimum atomic E-state index is -0.637. The summed E-state index contributed by atoms with van der Waals surface area (Å²) in [5.74, 6) is -1.25. The highest BCUT2D eigenvalue weighted by molar-refractivity contribution is 6.33. The fourth-order valence-corrected chi connectivity index (χ4v) is 4.12. The maximum Gasteiger partial charge on any atom is 0.338 e. The second-order valence-electron chi connectivity index (χ2n) is 9.22. The molecule has 0 spiro atoms. The number of ether oxygens (including phenoxy) is 2. The van der Waals surface area contributed by atoms with E-state index in [0.717, 1.165) is 0 Å². The van der Waals surface area contributed by atoms with Gasteiger partial charge in [0.1, 0.15) is 18.0 Å². The molecule has 0 radical (unpaired) electrons. The van der Waals surface area contributed by atoms with Crippen molar-refractivity contribution in [3.63, 3.8) is 0 Å². The first-order chi connectivity index (χ1) is 18.1. The number of nitrogens with one attached hydrogen (secondary N) is 3. The molecule has 13 heteroatoms. The van der Waals surface area contributed by atoms with Gasteiger partial charge < -0.3 is 35.7 Å². The largest absolute Gasteiger partial charge is 0.461 e. The van der Waals surface area contributed by atoms with Gasteiger partial charge in [0, 0.05) is 32.4 Å². The predicted molar refractivity (Wildman–Crippen MR) is 144 cm³/mol. The monoisotopic (exact) mass is 548 g/mol. The van der Waals surface area contributed by atoms with Crippen LogP contribution in [0.4, 0.5) is 11.5 Å². The number of nitrogens with zero attached hydrogens (tertiary/aromatic N) is 2. The highest BCUT2D eigenvalue weighted by Crippen LogP contribution is 2.17. The van der Waals surface area contributed by atoms with E-state index in [2.05, 4.69) is 15.6 Å². The molecule has 12 nitrogen and oxygen atoms in total. The van der Waals surface area contributed by atoms with Crippen molar-refractivity contribution in [2.45, 2.75) is 18.6 Å². The quantitative estimate of drug-likeness (QED) is 0.315. The molecule has 1 aromatic heterocycles. The molecular weight excluding hydrogens is 516 g/mol. The van der Waals surface area contributed by atoms with Crippen LogP contribution in [0, 0.1) is 0 Å². The summed E-state index contributed by atoms with van der Waals surface area (Å²) in [6, 6.07) is 7.35. The zero-order valence-corrected chi connectivity index (χ0v) is 22.3. The molecule has 0 bridgehead atoms. The number of likely N-dealkylation sites (tertiary alicyclic amines) is 1. The zero-order valence-electron chi connectivity index (χ0n) is 21.6. The summed E-state index contributed by atoms with van der Waals surface area (Å²) in [6.07, 6.45) is 0.101. The molecule has 1 saturated heterocycles. The molecule has 206 valence electrons. The van der Waals surface area contributed by atoms with Gasteiger partial charge in [-0.2, -0.15) is 0 Å². The molecule has 0 saturated carbocycles. The summed E-state index contributed by atoms with van der Waals surface area (Å²) in [5.41, 5.74) is 5.74. The second kappa shape index (κ2) is 13.4. The predicted octanol–water partition coefficient (Wildman–Crippen LogP) is 0.787. The van der Waals surface area contributed by atoms with Crippen LogP contribution in [0.1, 0.15) is 27.1 Å². The van der Waals surface area contributed by atoms with E-state index in [1.807, 2.05) is 23.9 Å². The van der Waals surface area contributed by atoms with E-state index in [1.54, 1.807) is 24.3 Å². The van der Waals surface area contributed by atoms with Crippen molar-refractivity contribution < 1.29 is 23.9 Å². The Kier molecular flexibility index (Phi) is 10.2. The number of likely N-dealkylation sites (N-methyl/N-ethyl adjacent to an activating group) is 1. The van der Waals surface area contributed by atoms with Crippen LogP contribution < -0.4 is 21.9 Å². The Hall–Kier alpha value is -3.45. The van der Waals surface area contributed by atoms with E-state index in [9.17, 15) is 19.2 Å². The number of rotatable bonds is 10. The van der Waals surface area contributed by atoms with Crippen molar-refractivity contribution in [2.24, 2.45) is 0 Å². The third-order valence-electron chi connectivity index (χ3n) is 6.07. The van der Waals surface area contributed by atoms with Crippen LogP contribution in [-0.2, 0) is 14.3 Å². The van der Waals surface area contributed by atoms with Crippen LogP contribution in [0.3, 0.4) is 0 Å². The standard InChI is InChI=1S/C25H33ClN6O6/c1-31(2)10-11-38-25(36)15-4-6-16(7-5-15)28-21(33)14-32-9-8-19(20(13-32)37-3)29-23(34)17-12-18(26)22(27)30-24(17)35/h4-7,12,19-20H,8-11,13-14H2,1-3H3,(H,28,33)(H,29,34)(H3,27,30,35)/t19-,20+/m0/s1. The first-order valence-corrected chi connectivity index (χ1v) is 12.4.